The fraction of sp³-hybridized carbons (Fsp3) is 0.136. The van der Waals surface area contributed by atoms with E-state index in [4.69, 9.17) is 0 Å². The maximum atomic E-state index is 14.1. The summed E-state index contributed by atoms with van der Waals surface area (Å²) in [7, 11) is 0. The molecule has 4 rings (SSSR count). The Morgan fingerprint density at radius 2 is 1.67 bits per heavy atom. The van der Waals surface area contributed by atoms with E-state index in [9.17, 15) is 9.18 Å². The number of benzene rings is 3. The molecular weight excluding hydrogens is 341 g/mol. The van der Waals surface area contributed by atoms with Crippen LogP contribution in [-0.2, 0) is 0 Å². The Hall–Kier alpha value is -3.34. The van der Waals surface area contributed by atoms with Crippen molar-refractivity contribution in [2.45, 2.75) is 19.9 Å². The van der Waals surface area contributed by atoms with Gasteiger partial charge in [0.05, 0.1) is 17.1 Å². The summed E-state index contributed by atoms with van der Waals surface area (Å²) in [6.45, 7) is 3.77. The summed E-state index contributed by atoms with van der Waals surface area (Å²) in [4.78, 5) is 21.4. The van der Waals surface area contributed by atoms with E-state index in [-0.39, 0.29) is 17.8 Å². The Balaban J connectivity index is 1.68. The minimum Gasteiger partial charge on any atom is -0.345 e. The standard InChI is InChI=1S/C22H18FN3O/c1-13-11-20-21(25-10-9-24-20)12-18(13)22(27)26-14(2)15-7-8-19(23)17-6-4-3-5-16(15)17/h3-12,14H,1-2H3,(H,26,27). The number of halogens is 1. The lowest BCUT2D eigenvalue weighted by Gasteiger charge is -2.18. The Labute approximate surface area is 156 Å². The van der Waals surface area contributed by atoms with Gasteiger partial charge in [0.1, 0.15) is 5.82 Å². The highest BCUT2D eigenvalue weighted by molar-refractivity contribution is 5.99. The number of aromatic nitrogens is 2. The largest absolute Gasteiger partial charge is 0.345 e. The lowest BCUT2D eigenvalue weighted by Crippen LogP contribution is -2.27. The van der Waals surface area contributed by atoms with Gasteiger partial charge in [-0.15, -0.1) is 0 Å². The quantitative estimate of drug-likeness (QED) is 0.576. The van der Waals surface area contributed by atoms with Crippen LogP contribution in [-0.4, -0.2) is 15.9 Å². The first-order chi connectivity index (χ1) is 13.0. The van der Waals surface area contributed by atoms with Crippen molar-refractivity contribution in [1.29, 1.82) is 0 Å². The van der Waals surface area contributed by atoms with Crippen LogP contribution in [0, 0.1) is 12.7 Å². The molecule has 0 aliphatic rings. The second kappa shape index (κ2) is 6.76. The van der Waals surface area contributed by atoms with Crippen molar-refractivity contribution in [3.05, 3.63) is 83.4 Å². The number of nitrogens with zero attached hydrogens (tertiary/aromatic N) is 2. The zero-order valence-corrected chi connectivity index (χ0v) is 15.0. The number of aryl methyl sites for hydroxylation is 1. The molecule has 0 saturated heterocycles. The van der Waals surface area contributed by atoms with Crippen LogP contribution >= 0.6 is 0 Å². The van der Waals surface area contributed by atoms with Crippen molar-refractivity contribution in [3.8, 4) is 0 Å². The second-order valence-electron chi connectivity index (χ2n) is 6.59. The molecule has 1 N–H and O–H groups in total. The van der Waals surface area contributed by atoms with Gasteiger partial charge in [-0.3, -0.25) is 14.8 Å². The van der Waals surface area contributed by atoms with Crippen molar-refractivity contribution >= 4 is 27.7 Å². The number of carbonyl (C=O) groups is 1. The summed E-state index contributed by atoms with van der Waals surface area (Å²) >= 11 is 0. The molecule has 4 nitrogen and oxygen atoms in total. The lowest BCUT2D eigenvalue weighted by atomic mass is 9.98. The van der Waals surface area contributed by atoms with Crippen molar-refractivity contribution in [1.82, 2.24) is 15.3 Å². The minimum absolute atomic E-state index is 0.194. The van der Waals surface area contributed by atoms with Crippen LogP contribution in [0.5, 0.6) is 0 Å². The van der Waals surface area contributed by atoms with Crippen molar-refractivity contribution in [2.24, 2.45) is 0 Å². The van der Waals surface area contributed by atoms with Crippen molar-refractivity contribution < 1.29 is 9.18 Å². The number of nitrogens with one attached hydrogen (secondary N) is 1. The van der Waals surface area contributed by atoms with Gasteiger partial charge in [0, 0.05) is 23.3 Å². The molecule has 0 aliphatic carbocycles. The van der Waals surface area contributed by atoms with Crippen LogP contribution in [0.25, 0.3) is 21.8 Å². The molecule has 134 valence electrons. The number of hydrogen-bond acceptors (Lipinski definition) is 3. The summed E-state index contributed by atoms with van der Waals surface area (Å²) in [5, 5.41) is 4.37. The average Bonchev–Trinajstić information content (AvgIpc) is 2.67. The molecule has 0 fully saturated rings. The molecule has 0 spiro atoms. The van der Waals surface area contributed by atoms with Gasteiger partial charge in [0.2, 0.25) is 0 Å². The number of amides is 1. The highest BCUT2D eigenvalue weighted by atomic mass is 19.1. The minimum atomic E-state index is -0.278. The molecule has 1 atom stereocenters. The van der Waals surface area contributed by atoms with E-state index >= 15 is 0 Å². The molecular formula is C22H18FN3O. The van der Waals surface area contributed by atoms with Crippen LogP contribution in [0.1, 0.15) is 34.5 Å². The Bertz CT molecular complexity index is 1170. The summed E-state index contributed by atoms with van der Waals surface area (Å²) in [5.74, 6) is -0.460. The topological polar surface area (TPSA) is 54.9 Å². The van der Waals surface area contributed by atoms with Crippen LogP contribution in [0.4, 0.5) is 4.39 Å². The molecule has 1 heterocycles. The van der Waals surface area contributed by atoms with Gasteiger partial charge in [-0.05, 0) is 48.6 Å². The summed E-state index contributed by atoms with van der Waals surface area (Å²) in [6, 6.07) is 13.8. The maximum absolute atomic E-state index is 14.1. The monoisotopic (exact) mass is 359 g/mol. The molecule has 4 aromatic rings. The molecule has 1 aromatic heterocycles. The van der Waals surface area contributed by atoms with Crippen LogP contribution in [0.3, 0.4) is 0 Å². The fourth-order valence-corrected chi connectivity index (χ4v) is 3.38. The molecule has 0 saturated carbocycles. The van der Waals surface area contributed by atoms with E-state index in [0.29, 0.717) is 16.5 Å². The van der Waals surface area contributed by atoms with E-state index in [1.54, 1.807) is 36.7 Å². The van der Waals surface area contributed by atoms with E-state index in [2.05, 4.69) is 15.3 Å². The van der Waals surface area contributed by atoms with Crippen LogP contribution in [0.15, 0.2) is 60.9 Å². The molecule has 0 aliphatic heterocycles. The van der Waals surface area contributed by atoms with E-state index in [1.165, 1.54) is 6.07 Å². The van der Waals surface area contributed by atoms with E-state index in [1.807, 2.05) is 32.0 Å². The third kappa shape index (κ3) is 3.12. The Morgan fingerprint density at radius 1 is 1.00 bits per heavy atom. The first kappa shape index (κ1) is 17.1. The van der Waals surface area contributed by atoms with E-state index < -0.39 is 0 Å². The lowest BCUT2D eigenvalue weighted by molar-refractivity contribution is 0.0939. The highest BCUT2D eigenvalue weighted by Gasteiger charge is 2.17. The zero-order valence-electron chi connectivity index (χ0n) is 15.0. The molecule has 0 bridgehead atoms. The smallest absolute Gasteiger partial charge is 0.252 e. The van der Waals surface area contributed by atoms with Gasteiger partial charge in [-0.2, -0.15) is 0 Å². The third-order valence-corrected chi connectivity index (χ3v) is 4.78. The predicted molar refractivity (Wildman–Crippen MR) is 104 cm³/mol. The number of hydrogen-bond donors (Lipinski definition) is 1. The summed E-state index contributed by atoms with van der Waals surface area (Å²) in [6.07, 6.45) is 3.23. The molecule has 3 aromatic carbocycles. The van der Waals surface area contributed by atoms with Crippen molar-refractivity contribution in [3.63, 3.8) is 0 Å². The average molecular weight is 359 g/mol. The van der Waals surface area contributed by atoms with Gasteiger partial charge in [-0.1, -0.05) is 30.3 Å². The summed E-state index contributed by atoms with van der Waals surface area (Å²) < 4.78 is 14.1. The maximum Gasteiger partial charge on any atom is 0.252 e. The molecule has 1 unspecified atom stereocenters. The number of carbonyl (C=O) groups excluding carboxylic acids is 1. The second-order valence-corrected chi connectivity index (χ2v) is 6.59. The van der Waals surface area contributed by atoms with E-state index in [0.717, 1.165) is 22.0 Å². The van der Waals surface area contributed by atoms with Gasteiger partial charge < -0.3 is 5.32 Å². The number of rotatable bonds is 3. The van der Waals surface area contributed by atoms with Crippen molar-refractivity contribution in [2.75, 3.05) is 0 Å². The molecule has 1 amide bonds. The highest BCUT2D eigenvalue weighted by Crippen LogP contribution is 2.27. The first-order valence-electron chi connectivity index (χ1n) is 8.74. The predicted octanol–water partition coefficient (Wildman–Crippen LogP) is 4.72. The third-order valence-electron chi connectivity index (χ3n) is 4.78. The Kier molecular flexibility index (Phi) is 4.28. The molecule has 0 radical (unpaired) electrons. The molecule has 5 heteroatoms. The Morgan fingerprint density at radius 3 is 2.41 bits per heavy atom. The normalized spacial score (nSPS) is 12.3. The number of fused-ring (bicyclic) bond motifs is 2. The summed E-state index contributed by atoms with van der Waals surface area (Å²) in [5.41, 5.74) is 3.69. The zero-order chi connectivity index (χ0) is 19.0. The molecule has 27 heavy (non-hydrogen) atoms. The van der Waals surface area contributed by atoms with Crippen LogP contribution in [0.2, 0.25) is 0 Å². The van der Waals surface area contributed by atoms with Gasteiger partial charge in [0.25, 0.3) is 5.91 Å². The fourth-order valence-electron chi connectivity index (χ4n) is 3.38. The van der Waals surface area contributed by atoms with Crippen LogP contribution < -0.4 is 5.32 Å². The van der Waals surface area contributed by atoms with Gasteiger partial charge in [0.15, 0.2) is 0 Å². The van der Waals surface area contributed by atoms with Gasteiger partial charge in [-0.25, -0.2) is 4.39 Å². The van der Waals surface area contributed by atoms with Gasteiger partial charge >= 0.3 is 0 Å². The SMILES string of the molecule is Cc1cc2nccnc2cc1C(=O)NC(C)c1ccc(F)c2ccccc12. The first-order valence-corrected chi connectivity index (χ1v) is 8.74.